The van der Waals surface area contributed by atoms with Crippen LogP contribution < -0.4 is 5.32 Å². The highest BCUT2D eigenvalue weighted by molar-refractivity contribution is 5.92. The normalized spacial score (nSPS) is 16.7. The van der Waals surface area contributed by atoms with Crippen LogP contribution in [0.15, 0.2) is 24.8 Å². The summed E-state index contributed by atoms with van der Waals surface area (Å²) < 4.78 is 3.96. The topological polar surface area (TPSA) is 68.0 Å². The Morgan fingerprint density at radius 1 is 1.38 bits per heavy atom. The van der Waals surface area contributed by atoms with E-state index in [1.54, 1.807) is 12.5 Å². The second kappa shape index (κ2) is 7.17. The maximum atomic E-state index is 12.6. The molecule has 0 saturated heterocycles. The lowest BCUT2D eigenvalue weighted by molar-refractivity contribution is 0.0914. The van der Waals surface area contributed by atoms with E-state index in [1.807, 2.05) is 21.5 Å². The van der Waals surface area contributed by atoms with E-state index in [0.717, 1.165) is 31.7 Å². The molecule has 3 heterocycles. The molecule has 1 aliphatic rings. The number of rotatable bonds is 5. The first-order valence-corrected chi connectivity index (χ1v) is 8.55. The van der Waals surface area contributed by atoms with E-state index in [0.29, 0.717) is 18.2 Å². The molecule has 1 atom stereocenters. The SMILES string of the molecule is CC(C)[C@@H](Cn1ccnc1)NC(=O)c1cc2n(n1)CCCN(C)C2. The number of hydrogen-bond donors (Lipinski definition) is 1. The fourth-order valence-corrected chi connectivity index (χ4v) is 3.02. The first-order valence-electron chi connectivity index (χ1n) is 8.55. The molecule has 0 aliphatic carbocycles. The quantitative estimate of drug-likeness (QED) is 0.899. The number of carbonyl (C=O) groups excluding carboxylic acids is 1. The van der Waals surface area contributed by atoms with Crippen molar-refractivity contribution in [3.05, 3.63) is 36.2 Å². The summed E-state index contributed by atoms with van der Waals surface area (Å²) in [5, 5.41) is 7.64. The number of aromatic nitrogens is 4. The van der Waals surface area contributed by atoms with Crippen molar-refractivity contribution in [2.24, 2.45) is 5.92 Å². The first-order chi connectivity index (χ1) is 11.5. The second-order valence-corrected chi connectivity index (χ2v) is 6.92. The van der Waals surface area contributed by atoms with Crippen LogP contribution in [0.5, 0.6) is 0 Å². The zero-order valence-corrected chi connectivity index (χ0v) is 14.6. The number of hydrogen-bond acceptors (Lipinski definition) is 4. The number of fused-ring (bicyclic) bond motifs is 1. The Morgan fingerprint density at radius 3 is 2.92 bits per heavy atom. The van der Waals surface area contributed by atoms with Gasteiger partial charge in [0.1, 0.15) is 0 Å². The zero-order valence-electron chi connectivity index (χ0n) is 14.6. The van der Waals surface area contributed by atoms with Crippen LogP contribution >= 0.6 is 0 Å². The van der Waals surface area contributed by atoms with E-state index >= 15 is 0 Å². The van der Waals surface area contributed by atoms with Gasteiger partial charge in [-0.1, -0.05) is 13.8 Å². The highest BCUT2D eigenvalue weighted by atomic mass is 16.2. The van der Waals surface area contributed by atoms with Gasteiger partial charge >= 0.3 is 0 Å². The standard InChI is InChI=1S/C17H26N6O/c1-13(2)16(11-22-8-5-18-12-22)19-17(24)15-9-14-10-21(3)6-4-7-23(14)20-15/h5,8-9,12-13,16H,4,6-7,10-11H2,1-3H3,(H,19,24)/t16-/m1/s1. The summed E-state index contributed by atoms with van der Waals surface area (Å²) in [5.41, 5.74) is 1.62. The lowest BCUT2D eigenvalue weighted by Gasteiger charge is -2.22. The summed E-state index contributed by atoms with van der Waals surface area (Å²) in [5.74, 6) is 0.222. The summed E-state index contributed by atoms with van der Waals surface area (Å²) in [6, 6.07) is 1.96. The van der Waals surface area contributed by atoms with Crippen molar-refractivity contribution < 1.29 is 4.79 Å². The molecule has 0 aromatic carbocycles. The minimum atomic E-state index is -0.1000. The van der Waals surface area contributed by atoms with Gasteiger partial charge < -0.3 is 14.8 Å². The number of nitrogens with one attached hydrogen (secondary N) is 1. The largest absolute Gasteiger partial charge is 0.346 e. The molecule has 7 heteroatoms. The monoisotopic (exact) mass is 330 g/mol. The van der Waals surface area contributed by atoms with E-state index in [2.05, 4.69) is 41.2 Å². The fraction of sp³-hybridized carbons (Fsp3) is 0.588. The number of imidazole rings is 1. The number of carbonyl (C=O) groups is 1. The van der Waals surface area contributed by atoms with Gasteiger partial charge in [0, 0.05) is 44.6 Å². The molecular weight excluding hydrogens is 304 g/mol. The Labute approximate surface area is 142 Å². The van der Waals surface area contributed by atoms with Crippen molar-refractivity contribution >= 4 is 5.91 Å². The second-order valence-electron chi connectivity index (χ2n) is 6.92. The highest BCUT2D eigenvalue weighted by Crippen LogP contribution is 2.13. The summed E-state index contributed by atoms with van der Waals surface area (Å²) in [6.07, 6.45) is 6.50. The third kappa shape index (κ3) is 3.84. The van der Waals surface area contributed by atoms with Crippen LogP contribution in [0.4, 0.5) is 0 Å². The number of nitrogens with zero attached hydrogens (tertiary/aromatic N) is 5. The third-order valence-electron chi connectivity index (χ3n) is 4.53. The van der Waals surface area contributed by atoms with Crippen molar-refractivity contribution in [2.45, 2.75) is 45.9 Å². The molecule has 2 aromatic rings. The molecule has 130 valence electrons. The van der Waals surface area contributed by atoms with Gasteiger partial charge in [-0.25, -0.2) is 4.98 Å². The summed E-state index contributed by atoms with van der Waals surface area (Å²) in [4.78, 5) is 19.0. The van der Waals surface area contributed by atoms with E-state index in [1.165, 1.54) is 0 Å². The Morgan fingerprint density at radius 2 is 2.21 bits per heavy atom. The van der Waals surface area contributed by atoms with Gasteiger partial charge in [0.05, 0.1) is 12.0 Å². The average molecular weight is 330 g/mol. The highest BCUT2D eigenvalue weighted by Gasteiger charge is 2.22. The average Bonchev–Trinajstić information content (AvgIpc) is 3.14. The van der Waals surface area contributed by atoms with E-state index in [-0.39, 0.29) is 11.9 Å². The summed E-state index contributed by atoms with van der Waals surface area (Å²) in [6.45, 7) is 7.70. The van der Waals surface area contributed by atoms with Crippen LogP contribution in [0.25, 0.3) is 0 Å². The molecule has 0 fully saturated rings. The van der Waals surface area contributed by atoms with E-state index in [4.69, 9.17) is 0 Å². The predicted octanol–water partition coefficient (Wildman–Crippen LogP) is 1.37. The molecule has 0 saturated carbocycles. The van der Waals surface area contributed by atoms with Gasteiger partial charge in [-0.15, -0.1) is 0 Å². The van der Waals surface area contributed by atoms with Gasteiger partial charge in [-0.2, -0.15) is 5.10 Å². The van der Waals surface area contributed by atoms with Crippen LogP contribution in [0.3, 0.4) is 0 Å². The van der Waals surface area contributed by atoms with E-state index in [9.17, 15) is 4.79 Å². The van der Waals surface area contributed by atoms with Crippen molar-refractivity contribution in [3.8, 4) is 0 Å². The molecule has 0 spiro atoms. The van der Waals surface area contributed by atoms with Crippen LogP contribution in [-0.2, 0) is 19.6 Å². The third-order valence-corrected chi connectivity index (χ3v) is 4.53. The van der Waals surface area contributed by atoms with Gasteiger partial charge in [0.25, 0.3) is 5.91 Å². The molecule has 24 heavy (non-hydrogen) atoms. The molecule has 1 amide bonds. The van der Waals surface area contributed by atoms with E-state index < -0.39 is 0 Å². The minimum Gasteiger partial charge on any atom is -0.346 e. The summed E-state index contributed by atoms with van der Waals surface area (Å²) in [7, 11) is 2.10. The predicted molar refractivity (Wildman–Crippen MR) is 91.5 cm³/mol. The molecule has 7 nitrogen and oxygen atoms in total. The maximum absolute atomic E-state index is 12.6. The molecule has 0 bridgehead atoms. The van der Waals surface area contributed by atoms with Gasteiger partial charge in [0.15, 0.2) is 5.69 Å². The molecule has 1 N–H and O–H groups in total. The molecular formula is C17H26N6O. The Kier molecular flexibility index (Phi) is 4.99. The maximum Gasteiger partial charge on any atom is 0.272 e. The van der Waals surface area contributed by atoms with Crippen LogP contribution in [0.2, 0.25) is 0 Å². The number of amides is 1. The summed E-state index contributed by atoms with van der Waals surface area (Å²) >= 11 is 0. The Hall–Kier alpha value is -2.15. The number of aryl methyl sites for hydroxylation is 1. The van der Waals surface area contributed by atoms with Crippen molar-refractivity contribution in [3.63, 3.8) is 0 Å². The lowest BCUT2D eigenvalue weighted by atomic mass is 10.0. The Balaban J connectivity index is 1.70. The molecule has 3 rings (SSSR count). The zero-order chi connectivity index (χ0) is 17.1. The van der Waals surface area contributed by atoms with Crippen LogP contribution in [0, 0.1) is 5.92 Å². The van der Waals surface area contributed by atoms with Gasteiger partial charge in [0.2, 0.25) is 0 Å². The Bertz CT molecular complexity index is 675. The van der Waals surface area contributed by atoms with Crippen molar-refractivity contribution in [1.82, 2.24) is 29.5 Å². The van der Waals surface area contributed by atoms with Gasteiger partial charge in [-0.05, 0) is 25.5 Å². The van der Waals surface area contributed by atoms with Crippen LogP contribution in [0.1, 0.15) is 36.5 Å². The first kappa shape index (κ1) is 16.7. The molecule has 0 unspecified atom stereocenters. The van der Waals surface area contributed by atoms with Gasteiger partial charge in [-0.3, -0.25) is 9.48 Å². The fourth-order valence-electron chi connectivity index (χ4n) is 3.02. The lowest BCUT2D eigenvalue weighted by Crippen LogP contribution is -2.41. The molecule has 1 aliphatic heterocycles. The van der Waals surface area contributed by atoms with Crippen molar-refractivity contribution in [2.75, 3.05) is 13.6 Å². The smallest absolute Gasteiger partial charge is 0.272 e. The van der Waals surface area contributed by atoms with Crippen LogP contribution in [-0.4, -0.2) is 49.8 Å². The van der Waals surface area contributed by atoms with Crippen molar-refractivity contribution in [1.29, 1.82) is 0 Å². The molecule has 2 aromatic heterocycles. The molecule has 0 radical (unpaired) electrons. The minimum absolute atomic E-state index is 0.0379.